The second kappa shape index (κ2) is 9.67. The molecule has 0 radical (unpaired) electrons. The Morgan fingerprint density at radius 1 is 1.31 bits per heavy atom. The van der Waals surface area contributed by atoms with Crippen LogP contribution in [0.1, 0.15) is 25.3 Å². The number of para-hydroxylation sites is 1. The number of benzene rings is 1. The number of rotatable bonds is 8. The zero-order valence-electron chi connectivity index (χ0n) is 14.7. The number of nitrogens with one attached hydrogen (secondary N) is 2. The van der Waals surface area contributed by atoms with Gasteiger partial charge in [0.05, 0.1) is 10.2 Å². The fourth-order valence-electron chi connectivity index (χ4n) is 2.04. The van der Waals surface area contributed by atoms with Gasteiger partial charge in [0.15, 0.2) is 6.61 Å². The van der Waals surface area contributed by atoms with Gasteiger partial charge in [-0.2, -0.15) is 0 Å². The summed E-state index contributed by atoms with van der Waals surface area (Å²) in [6.45, 7) is 3.60. The monoisotopic (exact) mass is 375 g/mol. The Bertz CT molecular complexity index is 783. The molecule has 0 unspecified atom stereocenters. The third kappa shape index (κ3) is 5.96. The molecule has 8 heteroatoms. The first-order valence-electron chi connectivity index (χ1n) is 8.27. The minimum atomic E-state index is -0.689. The molecule has 0 aliphatic rings. The molecule has 0 spiro atoms. The average molecular weight is 375 g/mol. The maximum Gasteiger partial charge on any atom is 0.331 e. The standard InChI is InChI=1S/C18H21N3O4S/c1-3-10-19-18(24)12(2)20-15(22)11-25-17(23)9-8-16-21-13-6-4-5-7-14(13)26-16/h4-9,12H,3,10-11H2,1-2H3,(H,19,24)(H,20,22)/b9-8+/t12-/m0/s1. The molecular formula is C18H21N3O4S. The first kappa shape index (κ1) is 19.6. The largest absolute Gasteiger partial charge is 0.452 e. The number of carbonyl (C=O) groups excluding carboxylic acids is 3. The Labute approximate surface area is 155 Å². The van der Waals surface area contributed by atoms with E-state index in [2.05, 4.69) is 15.6 Å². The number of nitrogens with zero attached hydrogens (tertiary/aromatic N) is 1. The van der Waals surface area contributed by atoms with E-state index in [1.807, 2.05) is 31.2 Å². The highest BCUT2D eigenvalue weighted by Gasteiger charge is 2.15. The van der Waals surface area contributed by atoms with Gasteiger partial charge in [-0.3, -0.25) is 9.59 Å². The molecule has 0 aliphatic carbocycles. The van der Waals surface area contributed by atoms with Crippen molar-refractivity contribution in [1.82, 2.24) is 15.6 Å². The summed E-state index contributed by atoms with van der Waals surface area (Å²) in [4.78, 5) is 39.5. The van der Waals surface area contributed by atoms with Crippen molar-refractivity contribution in [1.29, 1.82) is 0 Å². The number of esters is 1. The van der Waals surface area contributed by atoms with Crippen LogP contribution in [0.15, 0.2) is 30.3 Å². The molecule has 2 rings (SSSR count). The summed E-state index contributed by atoms with van der Waals surface area (Å²) in [6.07, 6.45) is 3.58. The molecule has 0 aliphatic heterocycles. The normalized spacial score (nSPS) is 12.1. The van der Waals surface area contributed by atoms with Crippen LogP contribution in [0.4, 0.5) is 0 Å². The first-order valence-corrected chi connectivity index (χ1v) is 9.08. The molecule has 2 aromatic rings. The van der Waals surface area contributed by atoms with Crippen LogP contribution >= 0.6 is 11.3 Å². The number of hydrogen-bond donors (Lipinski definition) is 2. The molecule has 0 saturated heterocycles. The second-order valence-corrected chi connectivity index (χ2v) is 6.60. The minimum Gasteiger partial charge on any atom is -0.452 e. The maximum absolute atomic E-state index is 11.7. The van der Waals surface area contributed by atoms with Gasteiger partial charge in [0.1, 0.15) is 11.0 Å². The topological polar surface area (TPSA) is 97.4 Å². The Morgan fingerprint density at radius 2 is 2.08 bits per heavy atom. The lowest BCUT2D eigenvalue weighted by molar-refractivity contribution is -0.144. The number of amides is 2. The molecule has 1 heterocycles. The summed E-state index contributed by atoms with van der Waals surface area (Å²) in [5.74, 6) is -1.46. The fraction of sp³-hybridized carbons (Fsp3) is 0.333. The van der Waals surface area contributed by atoms with E-state index in [0.29, 0.717) is 11.6 Å². The lowest BCUT2D eigenvalue weighted by Crippen LogP contribution is -2.46. The van der Waals surface area contributed by atoms with E-state index in [1.54, 1.807) is 13.0 Å². The molecule has 1 aromatic carbocycles. The van der Waals surface area contributed by atoms with E-state index in [0.717, 1.165) is 16.6 Å². The Kier molecular flexibility index (Phi) is 7.28. The van der Waals surface area contributed by atoms with E-state index in [4.69, 9.17) is 4.74 Å². The summed E-state index contributed by atoms with van der Waals surface area (Å²) >= 11 is 1.45. The van der Waals surface area contributed by atoms with Crippen molar-refractivity contribution in [2.75, 3.05) is 13.2 Å². The van der Waals surface area contributed by atoms with Gasteiger partial charge in [-0.05, 0) is 31.6 Å². The molecule has 0 fully saturated rings. The fourth-order valence-corrected chi connectivity index (χ4v) is 2.91. The molecule has 2 N–H and O–H groups in total. The van der Waals surface area contributed by atoms with Crippen molar-refractivity contribution >= 4 is 45.4 Å². The highest BCUT2D eigenvalue weighted by atomic mass is 32.1. The molecule has 2 amide bonds. The van der Waals surface area contributed by atoms with Crippen molar-refractivity contribution in [3.63, 3.8) is 0 Å². The zero-order chi connectivity index (χ0) is 18.9. The van der Waals surface area contributed by atoms with Crippen molar-refractivity contribution in [3.8, 4) is 0 Å². The van der Waals surface area contributed by atoms with Gasteiger partial charge in [-0.25, -0.2) is 9.78 Å². The quantitative estimate of drug-likeness (QED) is 0.542. The van der Waals surface area contributed by atoms with Crippen LogP contribution in [0.5, 0.6) is 0 Å². The van der Waals surface area contributed by atoms with Crippen molar-refractivity contribution in [2.45, 2.75) is 26.3 Å². The first-order chi connectivity index (χ1) is 12.5. The molecule has 0 saturated carbocycles. The number of ether oxygens (including phenoxy) is 1. The third-order valence-electron chi connectivity index (χ3n) is 3.34. The van der Waals surface area contributed by atoms with Gasteiger partial charge in [0.25, 0.3) is 5.91 Å². The number of hydrogen-bond acceptors (Lipinski definition) is 6. The van der Waals surface area contributed by atoms with Crippen molar-refractivity contribution in [3.05, 3.63) is 35.3 Å². The number of carbonyl (C=O) groups is 3. The van der Waals surface area contributed by atoms with Crippen LogP contribution in [-0.2, 0) is 19.1 Å². The van der Waals surface area contributed by atoms with Crippen molar-refractivity contribution in [2.24, 2.45) is 0 Å². The SMILES string of the molecule is CCCNC(=O)[C@H](C)NC(=O)COC(=O)/C=C/c1nc2ccccc2s1. The van der Waals surface area contributed by atoms with E-state index in [9.17, 15) is 14.4 Å². The highest BCUT2D eigenvalue weighted by Crippen LogP contribution is 2.22. The smallest absolute Gasteiger partial charge is 0.331 e. The molecule has 26 heavy (non-hydrogen) atoms. The molecule has 1 aromatic heterocycles. The predicted octanol–water partition coefficient (Wildman–Crippen LogP) is 1.88. The van der Waals surface area contributed by atoms with Gasteiger partial charge in [-0.1, -0.05) is 19.1 Å². The maximum atomic E-state index is 11.7. The van der Waals surface area contributed by atoms with Gasteiger partial charge in [0.2, 0.25) is 5.91 Å². The van der Waals surface area contributed by atoms with Crippen molar-refractivity contribution < 1.29 is 19.1 Å². The minimum absolute atomic E-state index is 0.276. The lowest BCUT2D eigenvalue weighted by Gasteiger charge is -2.13. The molecule has 138 valence electrons. The summed E-state index contributed by atoms with van der Waals surface area (Å²) in [7, 11) is 0. The molecular weight excluding hydrogens is 354 g/mol. The van der Waals surface area contributed by atoms with Gasteiger partial charge in [-0.15, -0.1) is 11.3 Å². The van der Waals surface area contributed by atoms with Crippen LogP contribution in [0.2, 0.25) is 0 Å². The third-order valence-corrected chi connectivity index (χ3v) is 4.34. The van der Waals surface area contributed by atoms with E-state index in [1.165, 1.54) is 17.4 Å². The predicted molar refractivity (Wildman–Crippen MR) is 101 cm³/mol. The zero-order valence-corrected chi connectivity index (χ0v) is 15.5. The Morgan fingerprint density at radius 3 is 2.81 bits per heavy atom. The number of thiazole rings is 1. The summed E-state index contributed by atoms with van der Waals surface area (Å²) in [5.41, 5.74) is 0.861. The van der Waals surface area contributed by atoms with Crippen LogP contribution in [0, 0.1) is 0 Å². The van der Waals surface area contributed by atoms with Gasteiger partial charge in [0, 0.05) is 12.6 Å². The Hall–Kier alpha value is -2.74. The number of fused-ring (bicyclic) bond motifs is 1. The summed E-state index contributed by atoms with van der Waals surface area (Å²) < 4.78 is 5.89. The average Bonchev–Trinajstić information content (AvgIpc) is 3.05. The molecule has 0 bridgehead atoms. The Balaban J connectivity index is 1.77. The molecule has 7 nitrogen and oxygen atoms in total. The highest BCUT2D eigenvalue weighted by molar-refractivity contribution is 7.19. The van der Waals surface area contributed by atoms with Crippen LogP contribution in [-0.4, -0.2) is 42.0 Å². The van der Waals surface area contributed by atoms with Crippen LogP contribution < -0.4 is 10.6 Å². The second-order valence-electron chi connectivity index (χ2n) is 5.54. The van der Waals surface area contributed by atoms with E-state index >= 15 is 0 Å². The van der Waals surface area contributed by atoms with Crippen LogP contribution in [0.25, 0.3) is 16.3 Å². The summed E-state index contributed by atoms with van der Waals surface area (Å²) in [5, 5.41) is 5.82. The number of aromatic nitrogens is 1. The van der Waals surface area contributed by atoms with E-state index in [-0.39, 0.29) is 5.91 Å². The van der Waals surface area contributed by atoms with Crippen LogP contribution in [0.3, 0.4) is 0 Å². The lowest BCUT2D eigenvalue weighted by atomic mass is 10.3. The molecule has 1 atom stereocenters. The van der Waals surface area contributed by atoms with Gasteiger partial charge < -0.3 is 15.4 Å². The van der Waals surface area contributed by atoms with E-state index < -0.39 is 24.5 Å². The van der Waals surface area contributed by atoms with Gasteiger partial charge >= 0.3 is 5.97 Å². The summed E-state index contributed by atoms with van der Waals surface area (Å²) in [6, 6.07) is 6.97.